The first-order valence-electron chi connectivity index (χ1n) is 10.3. The lowest BCUT2D eigenvalue weighted by Gasteiger charge is -2.12. The molecule has 0 amide bonds. The molecule has 3 N–H and O–H groups in total. The number of H-pyrrole nitrogens is 1. The zero-order valence-corrected chi connectivity index (χ0v) is 19.6. The van der Waals surface area contributed by atoms with Gasteiger partial charge < -0.3 is 25.1 Å². The number of benzene rings is 2. The van der Waals surface area contributed by atoms with Crippen LogP contribution >= 0.6 is 24.0 Å². The van der Waals surface area contributed by atoms with Crippen LogP contribution in [0.15, 0.2) is 53.7 Å². The van der Waals surface area contributed by atoms with Gasteiger partial charge in [0.25, 0.3) is 0 Å². The molecule has 1 aliphatic heterocycles. The number of nitrogens with zero attached hydrogens (tertiary/aromatic N) is 1. The molecule has 2 aromatic carbocycles. The van der Waals surface area contributed by atoms with E-state index in [1.54, 1.807) is 0 Å². The smallest absolute Gasteiger partial charge is 0.191 e. The topological polar surface area (TPSA) is 70.7 Å². The molecule has 2 heterocycles. The highest BCUT2D eigenvalue weighted by Crippen LogP contribution is 2.30. The number of hydrogen-bond acceptors (Lipinski definition) is 3. The number of rotatable bonds is 6. The van der Waals surface area contributed by atoms with Gasteiger partial charge in [0.05, 0.1) is 19.8 Å². The number of aromatic amines is 1. The van der Waals surface area contributed by atoms with Crippen molar-refractivity contribution in [2.24, 2.45) is 4.99 Å². The molecule has 1 aliphatic rings. The Morgan fingerprint density at radius 2 is 1.90 bits per heavy atom. The minimum Gasteiger partial charge on any atom is -0.490 e. The Labute approximate surface area is 194 Å². The van der Waals surface area contributed by atoms with Gasteiger partial charge in [0.15, 0.2) is 17.5 Å². The fourth-order valence-electron chi connectivity index (χ4n) is 3.47. The van der Waals surface area contributed by atoms with Gasteiger partial charge in [-0.15, -0.1) is 24.0 Å². The van der Waals surface area contributed by atoms with Gasteiger partial charge in [-0.05, 0) is 42.7 Å². The molecule has 0 aliphatic carbocycles. The summed E-state index contributed by atoms with van der Waals surface area (Å²) in [6.07, 6.45) is 3.93. The molecule has 6 nitrogen and oxygen atoms in total. The van der Waals surface area contributed by atoms with Crippen molar-refractivity contribution in [1.29, 1.82) is 0 Å². The summed E-state index contributed by atoms with van der Waals surface area (Å²) in [6, 6.07) is 14.4. The molecule has 0 saturated carbocycles. The molecule has 0 saturated heterocycles. The van der Waals surface area contributed by atoms with Crippen molar-refractivity contribution in [3.63, 3.8) is 0 Å². The number of hydrogen-bond donors (Lipinski definition) is 3. The Morgan fingerprint density at radius 3 is 2.77 bits per heavy atom. The van der Waals surface area contributed by atoms with Gasteiger partial charge in [0.2, 0.25) is 0 Å². The molecule has 0 atom stereocenters. The number of nitrogens with one attached hydrogen (secondary N) is 3. The maximum absolute atomic E-state index is 5.78. The number of para-hydroxylation sites is 1. The Balaban J connectivity index is 0.00000256. The molecule has 0 fully saturated rings. The van der Waals surface area contributed by atoms with Crippen molar-refractivity contribution in [1.82, 2.24) is 15.6 Å². The summed E-state index contributed by atoms with van der Waals surface area (Å²) in [5.41, 5.74) is 3.59. The largest absolute Gasteiger partial charge is 0.490 e. The lowest BCUT2D eigenvalue weighted by atomic mass is 10.1. The highest BCUT2D eigenvalue weighted by atomic mass is 127. The molecule has 1 aromatic heterocycles. The van der Waals surface area contributed by atoms with E-state index in [0.29, 0.717) is 19.8 Å². The Hall–Kier alpha value is -2.42. The predicted octanol–water partition coefficient (Wildman–Crippen LogP) is 4.25. The predicted molar refractivity (Wildman–Crippen MR) is 132 cm³/mol. The van der Waals surface area contributed by atoms with Crippen LogP contribution in [0.3, 0.4) is 0 Å². The van der Waals surface area contributed by atoms with Gasteiger partial charge in [0.1, 0.15) is 0 Å². The van der Waals surface area contributed by atoms with Crippen LogP contribution in [0.2, 0.25) is 0 Å². The van der Waals surface area contributed by atoms with E-state index in [9.17, 15) is 0 Å². The Bertz CT molecular complexity index is 986. The molecule has 30 heavy (non-hydrogen) atoms. The molecule has 0 unspecified atom stereocenters. The molecular formula is C23H29IN4O2. The summed E-state index contributed by atoms with van der Waals surface area (Å²) in [4.78, 5) is 8.06. The van der Waals surface area contributed by atoms with Gasteiger partial charge >= 0.3 is 0 Å². The van der Waals surface area contributed by atoms with Gasteiger partial charge in [0, 0.05) is 36.6 Å². The van der Waals surface area contributed by atoms with Crippen LogP contribution in [0.1, 0.15) is 24.5 Å². The average molecular weight is 520 g/mol. The third kappa shape index (κ3) is 5.59. The van der Waals surface area contributed by atoms with E-state index in [1.165, 1.54) is 16.5 Å². The van der Waals surface area contributed by atoms with E-state index in [1.807, 2.05) is 18.2 Å². The van der Waals surface area contributed by atoms with E-state index in [2.05, 4.69) is 53.0 Å². The first kappa shape index (κ1) is 22.3. The van der Waals surface area contributed by atoms with Crippen LogP contribution in [0.4, 0.5) is 0 Å². The maximum Gasteiger partial charge on any atom is 0.191 e. The maximum atomic E-state index is 5.78. The molecule has 7 heteroatoms. The summed E-state index contributed by atoms with van der Waals surface area (Å²) >= 11 is 0. The molecule has 160 valence electrons. The standard InChI is InChI=1S/C23H28N4O2.HI/c1-2-24-23(25-11-10-18-16-26-20-7-4-3-6-19(18)20)27-15-17-8-9-21-22(14-17)29-13-5-12-28-21;/h3-4,6-9,14,16,26H,2,5,10-13,15H2,1H3,(H2,24,25,27);1H. The quantitative estimate of drug-likeness (QED) is 0.258. The van der Waals surface area contributed by atoms with Crippen molar-refractivity contribution in [3.05, 3.63) is 59.8 Å². The average Bonchev–Trinajstić information content (AvgIpc) is 3.01. The molecule has 0 spiro atoms. The SMILES string of the molecule is CCNC(=NCc1ccc2c(c1)OCCCO2)NCCc1c[nH]c2ccccc12.I. The molecular weight excluding hydrogens is 491 g/mol. The second-order valence-corrected chi connectivity index (χ2v) is 7.06. The fourth-order valence-corrected chi connectivity index (χ4v) is 3.47. The monoisotopic (exact) mass is 520 g/mol. The van der Waals surface area contributed by atoms with Gasteiger partial charge in [-0.3, -0.25) is 0 Å². The van der Waals surface area contributed by atoms with Crippen molar-refractivity contribution in [3.8, 4) is 11.5 Å². The lowest BCUT2D eigenvalue weighted by molar-refractivity contribution is 0.297. The number of halogens is 1. The highest BCUT2D eigenvalue weighted by molar-refractivity contribution is 14.0. The zero-order chi connectivity index (χ0) is 19.9. The second kappa shape index (κ2) is 11.1. The van der Waals surface area contributed by atoms with Crippen molar-refractivity contribution >= 4 is 40.8 Å². The van der Waals surface area contributed by atoms with Crippen LogP contribution in [-0.2, 0) is 13.0 Å². The van der Waals surface area contributed by atoms with E-state index >= 15 is 0 Å². The third-order valence-corrected chi connectivity index (χ3v) is 4.94. The summed E-state index contributed by atoms with van der Waals surface area (Å²) < 4.78 is 11.5. The van der Waals surface area contributed by atoms with E-state index < -0.39 is 0 Å². The van der Waals surface area contributed by atoms with E-state index in [-0.39, 0.29) is 24.0 Å². The van der Waals surface area contributed by atoms with Crippen LogP contribution in [-0.4, -0.2) is 37.2 Å². The summed E-state index contributed by atoms with van der Waals surface area (Å²) in [7, 11) is 0. The van der Waals surface area contributed by atoms with E-state index in [4.69, 9.17) is 14.5 Å². The van der Waals surface area contributed by atoms with Gasteiger partial charge in [-0.1, -0.05) is 24.3 Å². The molecule has 4 rings (SSSR count). The van der Waals surface area contributed by atoms with Crippen LogP contribution in [0.5, 0.6) is 11.5 Å². The Morgan fingerprint density at radius 1 is 1.07 bits per heavy atom. The number of guanidine groups is 1. The number of ether oxygens (including phenoxy) is 2. The summed E-state index contributed by atoms with van der Waals surface area (Å²) in [5.74, 6) is 2.45. The first-order valence-corrected chi connectivity index (χ1v) is 10.3. The first-order chi connectivity index (χ1) is 14.3. The van der Waals surface area contributed by atoms with Crippen molar-refractivity contribution in [2.75, 3.05) is 26.3 Å². The normalized spacial score (nSPS) is 13.4. The molecule has 0 bridgehead atoms. The van der Waals surface area contributed by atoms with Crippen LogP contribution in [0, 0.1) is 0 Å². The van der Waals surface area contributed by atoms with Gasteiger partial charge in [-0.25, -0.2) is 4.99 Å². The number of fused-ring (bicyclic) bond motifs is 2. The van der Waals surface area contributed by atoms with Gasteiger partial charge in [-0.2, -0.15) is 0 Å². The fraction of sp³-hybridized carbons (Fsp3) is 0.348. The van der Waals surface area contributed by atoms with E-state index in [0.717, 1.165) is 49.0 Å². The summed E-state index contributed by atoms with van der Waals surface area (Å²) in [5, 5.41) is 8.03. The number of aromatic nitrogens is 1. The third-order valence-electron chi connectivity index (χ3n) is 4.94. The van der Waals surface area contributed by atoms with Crippen LogP contribution in [0.25, 0.3) is 10.9 Å². The highest BCUT2D eigenvalue weighted by Gasteiger charge is 2.10. The minimum absolute atomic E-state index is 0. The second-order valence-electron chi connectivity index (χ2n) is 7.06. The zero-order valence-electron chi connectivity index (χ0n) is 17.2. The number of aliphatic imine (C=N–C) groups is 1. The lowest BCUT2D eigenvalue weighted by Crippen LogP contribution is -2.38. The van der Waals surface area contributed by atoms with Crippen molar-refractivity contribution < 1.29 is 9.47 Å². The van der Waals surface area contributed by atoms with Crippen LogP contribution < -0.4 is 20.1 Å². The minimum atomic E-state index is 0. The summed E-state index contributed by atoms with van der Waals surface area (Å²) in [6.45, 7) is 5.69. The van der Waals surface area contributed by atoms with Crippen molar-refractivity contribution in [2.45, 2.75) is 26.3 Å². The molecule has 0 radical (unpaired) electrons. The Kier molecular flexibility index (Phi) is 8.24. The molecule has 3 aromatic rings.